The Morgan fingerprint density at radius 3 is 2.67 bits per heavy atom. The van der Waals surface area contributed by atoms with Gasteiger partial charge in [0, 0.05) is 9.75 Å². The first-order valence-electron chi connectivity index (χ1n) is 4.55. The zero-order valence-corrected chi connectivity index (χ0v) is 8.66. The van der Waals surface area contributed by atoms with E-state index >= 15 is 0 Å². The second-order valence-electron chi connectivity index (χ2n) is 2.83. The molecule has 0 bridgehead atoms. The van der Waals surface area contributed by atoms with Crippen LogP contribution < -0.4 is 0 Å². The van der Waals surface area contributed by atoms with Gasteiger partial charge >= 0.3 is 0 Å². The van der Waals surface area contributed by atoms with Crippen molar-refractivity contribution in [2.45, 2.75) is 33.1 Å². The van der Waals surface area contributed by atoms with Gasteiger partial charge < -0.3 is 0 Å². The molecule has 0 saturated carbocycles. The second kappa shape index (κ2) is 5.15. The average Bonchev–Trinajstić information content (AvgIpc) is 2.53. The third kappa shape index (κ3) is 2.82. The minimum Gasteiger partial charge on any atom is -0.145 e. The lowest BCUT2D eigenvalue weighted by Gasteiger charge is -1.90. The lowest BCUT2D eigenvalue weighted by Crippen LogP contribution is -1.74. The Kier molecular flexibility index (Phi) is 4.09. The van der Waals surface area contributed by atoms with Crippen LogP contribution in [-0.2, 0) is 12.8 Å². The highest BCUT2D eigenvalue weighted by Crippen LogP contribution is 2.18. The first-order chi connectivity index (χ1) is 5.86. The molecule has 1 aromatic heterocycles. The number of aryl methyl sites for hydroxylation is 2. The maximum atomic E-state index is 2.26. The minimum atomic E-state index is 1.17. The van der Waals surface area contributed by atoms with Crippen LogP contribution in [0.1, 0.15) is 30.0 Å². The summed E-state index contributed by atoms with van der Waals surface area (Å²) < 4.78 is 0. The molecule has 1 heterocycles. The van der Waals surface area contributed by atoms with E-state index in [9.17, 15) is 0 Å². The second-order valence-corrected chi connectivity index (χ2v) is 4.08. The topological polar surface area (TPSA) is 0 Å². The van der Waals surface area contributed by atoms with Crippen LogP contribution in [0.15, 0.2) is 24.3 Å². The fourth-order valence-electron chi connectivity index (χ4n) is 1.14. The predicted octanol–water partition coefficient (Wildman–Crippen LogP) is 3.82. The number of allylic oxidation sites excluding steroid dienone is 2. The van der Waals surface area contributed by atoms with Gasteiger partial charge in [0.2, 0.25) is 0 Å². The molecule has 0 aromatic carbocycles. The Morgan fingerprint density at radius 2 is 2.08 bits per heavy atom. The summed E-state index contributed by atoms with van der Waals surface area (Å²) in [7, 11) is 0. The fourth-order valence-corrected chi connectivity index (χ4v) is 2.11. The van der Waals surface area contributed by atoms with Gasteiger partial charge in [0.1, 0.15) is 0 Å². The average molecular weight is 180 g/mol. The van der Waals surface area contributed by atoms with Crippen molar-refractivity contribution in [3.05, 3.63) is 34.0 Å². The molecule has 0 amide bonds. The first-order valence-corrected chi connectivity index (χ1v) is 5.37. The molecule has 12 heavy (non-hydrogen) atoms. The van der Waals surface area contributed by atoms with Crippen LogP contribution in [0.4, 0.5) is 0 Å². The monoisotopic (exact) mass is 180 g/mol. The quantitative estimate of drug-likeness (QED) is 0.618. The van der Waals surface area contributed by atoms with Gasteiger partial charge in [-0.1, -0.05) is 19.1 Å². The number of hydrogen-bond donors (Lipinski definition) is 0. The molecule has 0 N–H and O–H groups in total. The molecular weight excluding hydrogens is 164 g/mol. The van der Waals surface area contributed by atoms with Crippen LogP contribution in [-0.4, -0.2) is 0 Å². The molecule has 0 saturated heterocycles. The van der Waals surface area contributed by atoms with Crippen molar-refractivity contribution < 1.29 is 0 Å². The van der Waals surface area contributed by atoms with Gasteiger partial charge in [0.15, 0.2) is 0 Å². The molecule has 1 rings (SSSR count). The molecule has 0 unspecified atom stereocenters. The third-order valence-electron chi connectivity index (χ3n) is 1.86. The zero-order chi connectivity index (χ0) is 8.81. The zero-order valence-electron chi connectivity index (χ0n) is 7.84. The van der Waals surface area contributed by atoms with E-state index in [4.69, 9.17) is 0 Å². The van der Waals surface area contributed by atoms with Crippen LogP contribution >= 0.6 is 11.3 Å². The summed E-state index contributed by atoms with van der Waals surface area (Å²) >= 11 is 1.95. The van der Waals surface area contributed by atoms with Gasteiger partial charge in [-0.05, 0) is 38.3 Å². The fraction of sp³-hybridized carbons (Fsp3) is 0.455. The normalized spacial score (nSPS) is 11.2. The standard InChI is InChI=1S/C11H16S/c1-3-5-6-7-11-9-8-10(4-2)12-11/h3,5,8-9H,4,6-7H2,1-2H3/b5-3-. The highest BCUT2D eigenvalue weighted by molar-refractivity contribution is 7.11. The summed E-state index contributed by atoms with van der Waals surface area (Å²) in [5.41, 5.74) is 0. The van der Waals surface area contributed by atoms with Crippen molar-refractivity contribution in [2.24, 2.45) is 0 Å². The van der Waals surface area contributed by atoms with E-state index < -0.39 is 0 Å². The molecule has 0 radical (unpaired) electrons. The maximum Gasteiger partial charge on any atom is 0.00512 e. The molecule has 0 aliphatic carbocycles. The molecule has 0 aliphatic rings. The number of hydrogen-bond acceptors (Lipinski definition) is 1. The van der Waals surface area contributed by atoms with Gasteiger partial charge in [-0.25, -0.2) is 0 Å². The largest absolute Gasteiger partial charge is 0.145 e. The van der Waals surface area contributed by atoms with Crippen molar-refractivity contribution in [1.82, 2.24) is 0 Å². The van der Waals surface area contributed by atoms with E-state index in [1.54, 1.807) is 0 Å². The van der Waals surface area contributed by atoms with E-state index in [0.717, 1.165) is 0 Å². The Labute approximate surface area is 78.9 Å². The van der Waals surface area contributed by atoms with Crippen LogP contribution in [0.3, 0.4) is 0 Å². The Bertz CT molecular complexity index is 245. The predicted molar refractivity (Wildman–Crippen MR) is 56.8 cm³/mol. The van der Waals surface area contributed by atoms with Gasteiger partial charge in [-0.3, -0.25) is 0 Å². The molecule has 0 atom stereocenters. The Morgan fingerprint density at radius 1 is 1.33 bits per heavy atom. The molecule has 1 aromatic rings. The summed E-state index contributed by atoms with van der Waals surface area (Å²) in [5, 5.41) is 0. The van der Waals surface area contributed by atoms with E-state index in [-0.39, 0.29) is 0 Å². The summed E-state index contributed by atoms with van der Waals surface area (Å²) in [4.78, 5) is 3.02. The lowest BCUT2D eigenvalue weighted by atomic mass is 10.2. The summed E-state index contributed by atoms with van der Waals surface area (Å²) in [5.74, 6) is 0. The Balaban J connectivity index is 2.41. The van der Waals surface area contributed by atoms with Crippen molar-refractivity contribution in [3.63, 3.8) is 0 Å². The molecule has 0 nitrogen and oxygen atoms in total. The SMILES string of the molecule is C/C=C\CCc1ccc(CC)s1. The molecule has 0 spiro atoms. The van der Waals surface area contributed by atoms with Crippen LogP contribution in [0.25, 0.3) is 0 Å². The minimum absolute atomic E-state index is 1.17. The lowest BCUT2D eigenvalue weighted by molar-refractivity contribution is 1.02. The smallest absolute Gasteiger partial charge is 0.00512 e. The molecule has 1 heteroatoms. The summed E-state index contributed by atoms with van der Waals surface area (Å²) in [6.07, 6.45) is 7.91. The molecular formula is C11H16S. The van der Waals surface area contributed by atoms with E-state index in [0.29, 0.717) is 0 Å². The highest BCUT2D eigenvalue weighted by atomic mass is 32.1. The van der Waals surface area contributed by atoms with Gasteiger partial charge in [-0.2, -0.15) is 0 Å². The van der Waals surface area contributed by atoms with Crippen molar-refractivity contribution in [3.8, 4) is 0 Å². The summed E-state index contributed by atoms with van der Waals surface area (Å²) in [6, 6.07) is 4.50. The van der Waals surface area contributed by atoms with E-state index in [1.165, 1.54) is 29.0 Å². The van der Waals surface area contributed by atoms with Crippen molar-refractivity contribution in [2.75, 3.05) is 0 Å². The van der Waals surface area contributed by atoms with Crippen LogP contribution in [0, 0.1) is 0 Å². The van der Waals surface area contributed by atoms with Crippen molar-refractivity contribution >= 4 is 11.3 Å². The van der Waals surface area contributed by atoms with Gasteiger partial charge in [0.25, 0.3) is 0 Å². The van der Waals surface area contributed by atoms with Gasteiger partial charge in [-0.15, -0.1) is 11.3 Å². The van der Waals surface area contributed by atoms with E-state index in [2.05, 4.69) is 38.1 Å². The van der Waals surface area contributed by atoms with Crippen molar-refractivity contribution in [1.29, 1.82) is 0 Å². The summed E-state index contributed by atoms with van der Waals surface area (Å²) in [6.45, 7) is 4.29. The highest BCUT2D eigenvalue weighted by Gasteiger charge is 1.96. The first kappa shape index (κ1) is 9.53. The molecule has 0 fully saturated rings. The maximum absolute atomic E-state index is 2.26. The number of rotatable bonds is 4. The number of thiophene rings is 1. The van der Waals surface area contributed by atoms with Gasteiger partial charge in [0.05, 0.1) is 0 Å². The van der Waals surface area contributed by atoms with Crippen LogP contribution in [0.2, 0.25) is 0 Å². The molecule has 66 valence electrons. The molecule has 0 aliphatic heterocycles. The van der Waals surface area contributed by atoms with Crippen LogP contribution in [0.5, 0.6) is 0 Å². The van der Waals surface area contributed by atoms with E-state index in [1.807, 2.05) is 11.3 Å². The third-order valence-corrected chi connectivity index (χ3v) is 3.15. The Hall–Kier alpha value is -0.560.